The molecule has 3 nitrogen and oxygen atoms in total. The number of hydrogen-bond acceptors (Lipinski definition) is 3. The fourth-order valence-corrected chi connectivity index (χ4v) is 2.76. The van der Waals surface area contributed by atoms with Crippen molar-refractivity contribution < 1.29 is 5.11 Å². The minimum Gasteiger partial charge on any atom is -0.393 e. The Balaban J connectivity index is 1.75. The molecule has 2 unspecified atom stereocenters. The summed E-state index contributed by atoms with van der Waals surface area (Å²) >= 11 is 0. The van der Waals surface area contributed by atoms with Crippen LogP contribution in [-0.2, 0) is 0 Å². The highest BCUT2D eigenvalue weighted by Gasteiger charge is 2.26. The maximum absolute atomic E-state index is 9.91. The van der Waals surface area contributed by atoms with E-state index in [1.54, 1.807) is 0 Å². The zero-order chi connectivity index (χ0) is 10.7. The summed E-state index contributed by atoms with van der Waals surface area (Å²) in [5, 5.41) is 9.91. The minimum absolute atomic E-state index is 0.0293. The molecular formula is C12H24N2O. The third-order valence-electron chi connectivity index (χ3n) is 3.96. The van der Waals surface area contributed by atoms with Crippen molar-refractivity contribution in [3.05, 3.63) is 0 Å². The van der Waals surface area contributed by atoms with Crippen LogP contribution in [0.5, 0.6) is 0 Å². The van der Waals surface area contributed by atoms with E-state index in [9.17, 15) is 5.11 Å². The number of aliphatic hydroxyl groups is 1. The van der Waals surface area contributed by atoms with Crippen LogP contribution in [0.3, 0.4) is 0 Å². The van der Waals surface area contributed by atoms with Gasteiger partial charge in [-0.05, 0) is 25.8 Å². The Kier molecular flexibility index (Phi) is 4.00. The van der Waals surface area contributed by atoms with Crippen LogP contribution in [0, 0.1) is 5.92 Å². The normalized spacial score (nSPS) is 35.6. The van der Waals surface area contributed by atoms with Gasteiger partial charge >= 0.3 is 0 Å². The fraction of sp³-hybridized carbons (Fsp3) is 1.00. The Morgan fingerprint density at radius 1 is 1.07 bits per heavy atom. The van der Waals surface area contributed by atoms with Gasteiger partial charge < -0.3 is 14.9 Å². The molecule has 15 heavy (non-hydrogen) atoms. The van der Waals surface area contributed by atoms with Crippen molar-refractivity contribution >= 4 is 0 Å². The summed E-state index contributed by atoms with van der Waals surface area (Å²) < 4.78 is 0. The second-order valence-corrected chi connectivity index (χ2v) is 5.22. The first-order valence-electron chi connectivity index (χ1n) is 6.34. The van der Waals surface area contributed by atoms with Gasteiger partial charge in [0.1, 0.15) is 0 Å². The van der Waals surface area contributed by atoms with Crippen LogP contribution >= 0.6 is 0 Å². The van der Waals surface area contributed by atoms with Crippen LogP contribution in [-0.4, -0.2) is 60.8 Å². The number of rotatable bonds is 2. The van der Waals surface area contributed by atoms with Gasteiger partial charge in [0.25, 0.3) is 0 Å². The number of nitrogens with zero attached hydrogens (tertiary/aromatic N) is 2. The summed E-state index contributed by atoms with van der Waals surface area (Å²) in [5.74, 6) is 0.544. The van der Waals surface area contributed by atoms with E-state index in [-0.39, 0.29) is 6.10 Å². The molecule has 0 spiro atoms. The summed E-state index contributed by atoms with van der Waals surface area (Å²) in [4.78, 5) is 4.91. The van der Waals surface area contributed by atoms with E-state index in [1.807, 2.05) is 0 Å². The van der Waals surface area contributed by atoms with Gasteiger partial charge in [-0.1, -0.05) is 12.8 Å². The second kappa shape index (κ2) is 5.28. The smallest absolute Gasteiger partial charge is 0.0580 e. The monoisotopic (exact) mass is 212 g/mol. The molecule has 1 aliphatic heterocycles. The van der Waals surface area contributed by atoms with Gasteiger partial charge in [0.2, 0.25) is 0 Å². The van der Waals surface area contributed by atoms with Gasteiger partial charge in [-0.25, -0.2) is 0 Å². The summed E-state index contributed by atoms with van der Waals surface area (Å²) in [7, 11) is 2.19. The molecule has 0 bridgehead atoms. The van der Waals surface area contributed by atoms with Crippen molar-refractivity contribution in [3.8, 4) is 0 Å². The molecule has 2 fully saturated rings. The fourth-order valence-electron chi connectivity index (χ4n) is 2.76. The molecule has 0 amide bonds. The summed E-state index contributed by atoms with van der Waals surface area (Å²) in [6.07, 6.45) is 4.76. The van der Waals surface area contributed by atoms with Gasteiger partial charge in [-0.2, -0.15) is 0 Å². The Bertz CT molecular complexity index is 190. The van der Waals surface area contributed by atoms with E-state index in [0.29, 0.717) is 5.92 Å². The molecular weight excluding hydrogens is 188 g/mol. The van der Waals surface area contributed by atoms with Crippen LogP contribution < -0.4 is 0 Å². The number of aliphatic hydroxyl groups excluding tert-OH is 1. The quantitative estimate of drug-likeness (QED) is 0.733. The van der Waals surface area contributed by atoms with E-state index in [1.165, 1.54) is 45.4 Å². The van der Waals surface area contributed by atoms with Crippen molar-refractivity contribution in [2.24, 2.45) is 5.92 Å². The minimum atomic E-state index is -0.0293. The van der Waals surface area contributed by atoms with Crippen molar-refractivity contribution in [2.75, 3.05) is 39.8 Å². The molecule has 0 aromatic carbocycles. The predicted octanol–water partition coefficient (Wildman–Crippen LogP) is 0.785. The van der Waals surface area contributed by atoms with Gasteiger partial charge in [-0.3, -0.25) is 0 Å². The largest absolute Gasteiger partial charge is 0.393 e. The van der Waals surface area contributed by atoms with E-state index in [2.05, 4.69) is 16.8 Å². The van der Waals surface area contributed by atoms with Crippen molar-refractivity contribution in [1.82, 2.24) is 9.80 Å². The molecule has 3 heteroatoms. The number of piperazine rings is 1. The molecule has 1 saturated carbocycles. The van der Waals surface area contributed by atoms with Gasteiger partial charge in [-0.15, -0.1) is 0 Å². The molecule has 1 aliphatic carbocycles. The molecule has 1 heterocycles. The summed E-state index contributed by atoms with van der Waals surface area (Å²) in [6, 6.07) is 0. The maximum Gasteiger partial charge on any atom is 0.0580 e. The van der Waals surface area contributed by atoms with Crippen LogP contribution in [0.25, 0.3) is 0 Å². The molecule has 2 atom stereocenters. The van der Waals surface area contributed by atoms with Gasteiger partial charge in [0, 0.05) is 32.7 Å². The third-order valence-corrected chi connectivity index (χ3v) is 3.96. The van der Waals surface area contributed by atoms with Gasteiger partial charge in [0.15, 0.2) is 0 Å². The topological polar surface area (TPSA) is 26.7 Å². The number of likely N-dealkylation sites (N-methyl/N-ethyl adjacent to an activating group) is 1. The van der Waals surface area contributed by atoms with Crippen LogP contribution in [0.4, 0.5) is 0 Å². The van der Waals surface area contributed by atoms with Gasteiger partial charge in [0.05, 0.1) is 6.10 Å². The zero-order valence-electron chi connectivity index (χ0n) is 9.86. The average molecular weight is 212 g/mol. The van der Waals surface area contributed by atoms with Crippen molar-refractivity contribution in [1.29, 1.82) is 0 Å². The van der Waals surface area contributed by atoms with Crippen LogP contribution in [0.1, 0.15) is 25.7 Å². The molecule has 1 N–H and O–H groups in total. The summed E-state index contributed by atoms with van der Waals surface area (Å²) in [5.41, 5.74) is 0. The highest BCUT2D eigenvalue weighted by Crippen LogP contribution is 2.25. The lowest BCUT2D eigenvalue weighted by Gasteiger charge is -2.37. The average Bonchev–Trinajstić information content (AvgIpc) is 2.25. The highest BCUT2D eigenvalue weighted by molar-refractivity contribution is 4.79. The Hall–Kier alpha value is -0.120. The van der Waals surface area contributed by atoms with Crippen LogP contribution in [0.2, 0.25) is 0 Å². The Morgan fingerprint density at radius 2 is 1.73 bits per heavy atom. The summed E-state index contributed by atoms with van der Waals surface area (Å²) in [6.45, 7) is 5.85. The third kappa shape index (κ3) is 3.16. The number of hydrogen-bond donors (Lipinski definition) is 1. The van der Waals surface area contributed by atoms with Crippen molar-refractivity contribution in [3.63, 3.8) is 0 Å². The molecule has 2 aliphatic rings. The Morgan fingerprint density at radius 3 is 2.40 bits per heavy atom. The van der Waals surface area contributed by atoms with E-state index in [0.717, 1.165) is 13.0 Å². The first-order valence-corrected chi connectivity index (χ1v) is 6.34. The lowest BCUT2D eigenvalue weighted by Crippen LogP contribution is -2.47. The molecule has 88 valence electrons. The van der Waals surface area contributed by atoms with Crippen LogP contribution in [0.15, 0.2) is 0 Å². The molecule has 2 rings (SSSR count). The van der Waals surface area contributed by atoms with E-state index in [4.69, 9.17) is 0 Å². The molecule has 0 radical (unpaired) electrons. The van der Waals surface area contributed by atoms with E-state index < -0.39 is 0 Å². The molecule has 0 aromatic heterocycles. The zero-order valence-corrected chi connectivity index (χ0v) is 9.86. The maximum atomic E-state index is 9.91. The molecule has 0 aromatic rings. The lowest BCUT2D eigenvalue weighted by molar-refractivity contribution is 0.0356. The molecule has 1 saturated heterocycles. The van der Waals surface area contributed by atoms with E-state index >= 15 is 0 Å². The SMILES string of the molecule is CN1CCN(CC2CCCCC2O)CC1. The predicted molar refractivity (Wildman–Crippen MR) is 61.9 cm³/mol. The lowest BCUT2D eigenvalue weighted by atomic mass is 9.86. The Labute approximate surface area is 93.1 Å². The standard InChI is InChI=1S/C12H24N2O/c1-13-6-8-14(9-7-13)10-11-4-2-3-5-12(11)15/h11-12,15H,2-10H2,1H3. The van der Waals surface area contributed by atoms with Crippen molar-refractivity contribution in [2.45, 2.75) is 31.8 Å². The second-order valence-electron chi connectivity index (χ2n) is 5.22. The first kappa shape index (κ1) is 11.4. The highest BCUT2D eigenvalue weighted by atomic mass is 16.3. The first-order chi connectivity index (χ1) is 7.25.